The Morgan fingerprint density at radius 3 is 2.47 bits per heavy atom. The van der Waals surface area contributed by atoms with Crippen molar-refractivity contribution in [2.75, 3.05) is 5.01 Å². The van der Waals surface area contributed by atoms with Crippen LogP contribution in [0.5, 0.6) is 0 Å². The molecule has 0 saturated heterocycles. The van der Waals surface area contributed by atoms with E-state index in [-0.39, 0.29) is 11.6 Å². The molecule has 1 aromatic rings. The van der Waals surface area contributed by atoms with Crippen molar-refractivity contribution < 1.29 is 9.58 Å². The fraction of sp³-hybridized carbons (Fsp3) is 0.250. The molecule has 0 radical (unpaired) electrons. The first-order valence-corrected chi connectivity index (χ1v) is 5.26. The highest BCUT2D eigenvalue weighted by atomic mass is 16.2. The third-order valence-corrected chi connectivity index (χ3v) is 2.83. The molecule has 0 atom stereocenters. The smallest absolute Gasteiger partial charge is 0.258 e. The van der Waals surface area contributed by atoms with Gasteiger partial charge in [-0.1, -0.05) is 6.07 Å². The molecule has 0 spiro atoms. The van der Waals surface area contributed by atoms with Crippen LogP contribution < -0.4 is 5.01 Å². The van der Waals surface area contributed by atoms with Gasteiger partial charge in [-0.25, -0.2) is 0 Å². The number of aryl methyl sites for hydroxylation is 2. The molecule has 1 aromatic carbocycles. The number of hydrazone groups is 1. The van der Waals surface area contributed by atoms with E-state index in [4.69, 9.17) is 5.53 Å². The summed E-state index contributed by atoms with van der Waals surface area (Å²) in [5.74, 6) is -0.347. The lowest BCUT2D eigenvalue weighted by atomic mass is 10.1. The van der Waals surface area contributed by atoms with Crippen molar-refractivity contribution in [1.29, 1.82) is 5.53 Å². The third-order valence-electron chi connectivity index (χ3n) is 2.83. The van der Waals surface area contributed by atoms with Crippen LogP contribution in [0.2, 0.25) is 0 Å². The van der Waals surface area contributed by atoms with Crippen LogP contribution in [0.3, 0.4) is 0 Å². The van der Waals surface area contributed by atoms with E-state index in [1.165, 1.54) is 5.01 Å². The minimum absolute atomic E-state index is 0.100. The summed E-state index contributed by atoms with van der Waals surface area (Å²) in [6, 6.07) is 5.68. The second kappa shape index (κ2) is 3.96. The van der Waals surface area contributed by atoms with Gasteiger partial charge in [-0.15, -0.1) is 0 Å². The van der Waals surface area contributed by atoms with Gasteiger partial charge in [0.25, 0.3) is 0 Å². The van der Waals surface area contributed by atoms with E-state index in [0.717, 1.165) is 11.1 Å². The average Bonchev–Trinajstić information content (AvgIpc) is 2.58. The molecular weight excluding hydrogens is 216 g/mol. The summed E-state index contributed by atoms with van der Waals surface area (Å²) >= 11 is 0. The number of carbonyl (C=O) groups excluding carboxylic acids is 1. The van der Waals surface area contributed by atoms with Crippen molar-refractivity contribution in [1.82, 2.24) is 0 Å². The van der Waals surface area contributed by atoms with Gasteiger partial charge in [0.15, 0.2) is 5.71 Å². The van der Waals surface area contributed by atoms with Crippen molar-refractivity contribution in [3.8, 4) is 0 Å². The van der Waals surface area contributed by atoms with Gasteiger partial charge < -0.3 is 0 Å². The highest BCUT2D eigenvalue weighted by molar-refractivity contribution is 6.69. The largest absolute Gasteiger partial charge is 0.453 e. The Balaban J connectivity index is 2.46. The van der Waals surface area contributed by atoms with Crippen LogP contribution in [-0.4, -0.2) is 22.1 Å². The molecule has 0 bridgehead atoms. The maximum atomic E-state index is 11.9. The Morgan fingerprint density at radius 2 is 1.94 bits per heavy atom. The lowest BCUT2D eigenvalue weighted by molar-refractivity contribution is -0.133. The summed E-state index contributed by atoms with van der Waals surface area (Å²) < 4.78 is 0. The fourth-order valence-electron chi connectivity index (χ4n) is 1.66. The monoisotopic (exact) mass is 229 g/mol. The van der Waals surface area contributed by atoms with Gasteiger partial charge in [0, 0.05) is 0 Å². The molecule has 0 aromatic heterocycles. The highest BCUT2D eigenvalue weighted by Crippen LogP contribution is 2.22. The van der Waals surface area contributed by atoms with Gasteiger partial charge in [0.05, 0.1) is 16.0 Å². The Kier molecular flexibility index (Phi) is 2.61. The normalized spacial score (nSPS) is 15.0. The van der Waals surface area contributed by atoms with Crippen LogP contribution >= 0.6 is 0 Å². The summed E-state index contributed by atoms with van der Waals surface area (Å²) in [5.41, 5.74) is 10.5. The number of amides is 1. The lowest BCUT2D eigenvalue weighted by Gasteiger charge is -2.11. The first-order valence-electron chi connectivity index (χ1n) is 5.26. The Bertz CT molecular complexity index is 582. The van der Waals surface area contributed by atoms with Crippen LogP contribution in [0, 0.1) is 19.4 Å². The molecule has 1 heterocycles. The minimum Gasteiger partial charge on any atom is -0.258 e. The number of hydrogen-bond donors (Lipinski definition) is 1. The molecule has 1 amide bonds. The van der Waals surface area contributed by atoms with E-state index in [2.05, 4.69) is 9.89 Å². The van der Waals surface area contributed by atoms with Crippen LogP contribution in [0.15, 0.2) is 23.3 Å². The molecule has 1 aliphatic rings. The number of hydrogen-bond acceptors (Lipinski definition) is 3. The highest BCUT2D eigenvalue weighted by Gasteiger charge is 2.39. The molecule has 0 fully saturated rings. The van der Waals surface area contributed by atoms with Crippen LogP contribution in [0.25, 0.3) is 0 Å². The first-order chi connectivity index (χ1) is 8.04. The van der Waals surface area contributed by atoms with Crippen molar-refractivity contribution in [2.45, 2.75) is 20.8 Å². The second-order valence-electron chi connectivity index (χ2n) is 4.03. The molecule has 5 heteroatoms. The molecule has 86 valence electrons. The van der Waals surface area contributed by atoms with E-state index in [1.54, 1.807) is 6.92 Å². The first kappa shape index (κ1) is 11.2. The predicted octanol–water partition coefficient (Wildman–Crippen LogP) is 1.71. The molecule has 1 N–H and O–H groups in total. The maximum Gasteiger partial charge on any atom is 0.453 e. The molecule has 2 rings (SSSR count). The summed E-state index contributed by atoms with van der Waals surface area (Å²) in [7, 11) is 0. The molecular formula is C12H13N4O+. The summed E-state index contributed by atoms with van der Waals surface area (Å²) in [4.78, 5) is 15.1. The Morgan fingerprint density at radius 1 is 1.24 bits per heavy atom. The lowest BCUT2D eigenvalue weighted by Crippen LogP contribution is -2.27. The summed E-state index contributed by atoms with van der Waals surface area (Å²) in [6.45, 7) is 5.66. The standard InChI is InChI=1S/C12H13N4O/c1-7-4-5-10(6-8(7)2)16-12(17)11(14-13)9(3)15-16/h4-6,13H,1-3H3/q+1. The molecule has 1 aliphatic heterocycles. The van der Waals surface area contributed by atoms with Crippen LogP contribution in [-0.2, 0) is 4.79 Å². The third kappa shape index (κ3) is 1.77. The Hall–Kier alpha value is -2.26. The molecule has 17 heavy (non-hydrogen) atoms. The van der Waals surface area contributed by atoms with Crippen LogP contribution in [0.4, 0.5) is 5.69 Å². The SMILES string of the molecule is CC1=NN(c2ccc(C)c(C)c2)C(=O)C1=[N+]=N. The number of nitrogens with zero attached hydrogens (tertiary/aromatic N) is 3. The van der Waals surface area contributed by atoms with Gasteiger partial charge in [0.1, 0.15) is 0 Å². The maximum absolute atomic E-state index is 11.9. The molecule has 0 saturated carbocycles. The van der Waals surface area contributed by atoms with Gasteiger partial charge in [-0.05, 0) is 44.0 Å². The van der Waals surface area contributed by atoms with Gasteiger partial charge in [-0.3, -0.25) is 4.79 Å². The topological polar surface area (TPSA) is 70.6 Å². The zero-order valence-electron chi connectivity index (χ0n) is 9.98. The zero-order chi connectivity index (χ0) is 12.6. The summed E-state index contributed by atoms with van der Waals surface area (Å²) in [5, 5.41) is 5.40. The minimum atomic E-state index is -0.347. The number of benzene rings is 1. The number of anilines is 1. The van der Waals surface area contributed by atoms with Crippen molar-refractivity contribution >= 4 is 23.0 Å². The predicted molar refractivity (Wildman–Crippen MR) is 64.5 cm³/mol. The van der Waals surface area contributed by atoms with E-state index < -0.39 is 0 Å². The Labute approximate surface area is 99.0 Å². The van der Waals surface area contributed by atoms with Crippen molar-refractivity contribution in [3.63, 3.8) is 0 Å². The molecule has 0 aliphatic carbocycles. The van der Waals surface area contributed by atoms with Gasteiger partial charge >= 0.3 is 11.6 Å². The van der Waals surface area contributed by atoms with E-state index >= 15 is 0 Å². The van der Waals surface area contributed by atoms with Gasteiger partial charge in [0.2, 0.25) is 0 Å². The van der Waals surface area contributed by atoms with E-state index in [9.17, 15) is 4.79 Å². The molecule has 5 nitrogen and oxygen atoms in total. The number of rotatable bonds is 1. The van der Waals surface area contributed by atoms with Crippen molar-refractivity contribution in [2.24, 2.45) is 5.10 Å². The quantitative estimate of drug-likeness (QED) is 0.578. The number of carbonyl (C=O) groups is 1. The van der Waals surface area contributed by atoms with Crippen molar-refractivity contribution in [3.05, 3.63) is 29.3 Å². The van der Waals surface area contributed by atoms with Gasteiger partial charge in [-0.2, -0.15) is 10.1 Å². The van der Waals surface area contributed by atoms with E-state index in [0.29, 0.717) is 11.4 Å². The average molecular weight is 229 g/mol. The fourth-order valence-corrected chi connectivity index (χ4v) is 1.66. The zero-order valence-corrected chi connectivity index (χ0v) is 9.98. The second-order valence-corrected chi connectivity index (χ2v) is 4.03. The van der Waals surface area contributed by atoms with E-state index in [1.807, 2.05) is 32.0 Å². The molecule has 0 unspecified atom stereocenters. The summed E-state index contributed by atoms with van der Waals surface area (Å²) in [6.07, 6.45) is 0. The van der Waals surface area contributed by atoms with Crippen LogP contribution in [0.1, 0.15) is 18.1 Å². The number of nitrogens with one attached hydrogen (secondary N) is 1.